The van der Waals surface area contributed by atoms with E-state index in [-0.39, 0.29) is 41.2 Å². The van der Waals surface area contributed by atoms with E-state index in [1.807, 2.05) is 13.8 Å². The molecule has 2 amide bonds. The van der Waals surface area contributed by atoms with E-state index < -0.39 is 10.8 Å². The first-order chi connectivity index (χ1) is 9.82. The number of rotatable bonds is 6. The Balaban J connectivity index is 2.63. The standard InChI is InChI=1S/C13H16ClN3O4/c1-8(2)16-11(18)6-7-15-13(19)9-4-3-5-10(12(9)14)17(20)21/h3-5,8H,6-7H2,1-2H3,(H,15,19)(H,16,18). The normalized spacial score (nSPS) is 10.3. The highest BCUT2D eigenvalue weighted by Gasteiger charge is 2.19. The molecule has 0 atom stereocenters. The van der Waals surface area contributed by atoms with E-state index in [1.54, 1.807) is 0 Å². The van der Waals surface area contributed by atoms with Gasteiger partial charge in [-0.25, -0.2) is 0 Å². The van der Waals surface area contributed by atoms with Crippen LogP contribution in [0.15, 0.2) is 18.2 Å². The zero-order valence-electron chi connectivity index (χ0n) is 11.7. The second kappa shape index (κ2) is 7.58. The molecule has 0 bridgehead atoms. The van der Waals surface area contributed by atoms with Crippen molar-refractivity contribution in [1.82, 2.24) is 10.6 Å². The number of nitrogens with one attached hydrogen (secondary N) is 2. The van der Waals surface area contributed by atoms with Crippen LogP contribution in [0.3, 0.4) is 0 Å². The fourth-order valence-corrected chi connectivity index (χ4v) is 1.90. The molecule has 0 aliphatic heterocycles. The molecule has 2 N–H and O–H groups in total. The summed E-state index contributed by atoms with van der Waals surface area (Å²) in [5, 5.41) is 15.7. The average molecular weight is 314 g/mol. The molecular formula is C13H16ClN3O4. The largest absolute Gasteiger partial charge is 0.354 e. The minimum Gasteiger partial charge on any atom is -0.354 e. The first kappa shape index (κ1) is 16.9. The van der Waals surface area contributed by atoms with Crippen molar-refractivity contribution < 1.29 is 14.5 Å². The van der Waals surface area contributed by atoms with Crippen LogP contribution in [0, 0.1) is 10.1 Å². The molecule has 0 aliphatic carbocycles. The molecule has 0 radical (unpaired) electrons. The second-order valence-electron chi connectivity index (χ2n) is 4.62. The third-order valence-electron chi connectivity index (χ3n) is 2.51. The van der Waals surface area contributed by atoms with E-state index in [1.165, 1.54) is 18.2 Å². The van der Waals surface area contributed by atoms with Crippen LogP contribution >= 0.6 is 11.6 Å². The molecule has 0 aliphatic rings. The Hall–Kier alpha value is -2.15. The lowest BCUT2D eigenvalue weighted by Crippen LogP contribution is -2.34. The van der Waals surface area contributed by atoms with E-state index >= 15 is 0 Å². The van der Waals surface area contributed by atoms with E-state index in [2.05, 4.69) is 10.6 Å². The highest BCUT2D eigenvalue weighted by Crippen LogP contribution is 2.27. The Bertz CT molecular complexity index is 560. The van der Waals surface area contributed by atoms with E-state index in [0.29, 0.717) is 0 Å². The molecule has 21 heavy (non-hydrogen) atoms. The fourth-order valence-electron chi connectivity index (χ4n) is 1.62. The first-order valence-corrected chi connectivity index (χ1v) is 6.71. The number of nitro groups is 1. The molecule has 0 unspecified atom stereocenters. The number of amides is 2. The Kier molecular flexibility index (Phi) is 6.10. The molecule has 8 heteroatoms. The third-order valence-corrected chi connectivity index (χ3v) is 2.90. The molecule has 0 saturated heterocycles. The lowest BCUT2D eigenvalue weighted by Gasteiger charge is -2.09. The summed E-state index contributed by atoms with van der Waals surface area (Å²) in [6.07, 6.45) is 0.121. The van der Waals surface area contributed by atoms with Crippen molar-refractivity contribution in [2.24, 2.45) is 0 Å². The van der Waals surface area contributed by atoms with Crippen LogP contribution in [0.5, 0.6) is 0 Å². The van der Waals surface area contributed by atoms with Crippen LogP contribution in [0.1, 0.15) is 30.6 Å². The number of nitro benzene ring substituents is 1. The molecular weight excluding hydrogens is 298 g/mol. The van der Waals surface area contributed by atoms with E-state index in [0.717, 1.165) is 0 Å². The molecule has 0 heterocycles. The maximum Gasteiger partial charge on any atom is 0.288 e. The second-order valence-corrected chi connectivity index (χ2v) is 5.00. The number of halogens is 1. The zero-order chi connectivity index (χ0) is 16.0. The predicted molar refractivity (Wildman–Crippen MR) is 78.3 cm³/mol. The molecule has 1 rings (SSSR count). The van der Waals surface area contributed by atoms with Crippen molar-refractivity contribution in [2.45, 2.75) is 26.3 Å². The topological polar surface area (TPSA) is 101 Å². The first-order valence-electron chi connectivity index (χ1n) is 6.33. The van der Waals surface area contributed by atoms with Crippen LogP contribution in [0.4, 0.5) is 5.69 Å². The summed E-state index contributed by atoms with van der Waals surface area (Å²) in [6, 6.07) is 4.01. The van der Waals surface area contributed by atoms with Gasteiger partial charge in [0.15, 0.2) is 0 Å². The maximum atomic E-state index is 11.9. The van der Waals surface area contributed by atoms with Gasteiger partial charge in [0.2, 0.25) is 5.91 Å². The molecule has 7 nitrogen and oxygen atoms in total. The molecule has 0 aromatic heterocycles. The number of carbonyl (C=O) groups is 2. The van der Waals surface area contributed by atoms with Crippen LogP contribution in [0.25, 0.3) is 0 Å². The van der Waals surface area contributed by atoms with Crippen molar-refractivity contribution in [3.63, 3.8) is 0 Å². The van der Waals surface area contributed by atoms with Crippen molar-refractivity contribution >= 4 is 29.1 Å². The van der Waals surface area contributed by atoms with Gasteiger partial charge in [-0.1, -0.05) is 17.7 Å². The lowest BCUT2D eigenvalue weighted by molar-refractivity contribution is -0.384. The number of hydrogen-bond donors (Lipinski definition) is 2. The van der Waals surface area contributed by atoms with Gasteiger partial charge in [0.05, 0.1) is 10.5 Å². The summed E-state index contributed by atoms with van der Waals surface area (Å²) < 4.78 is 0. The summed E-state index contributed by atoms with van der Waals surface area (Å²) >= 11 is 5.83. The monoisotopic (exact) mass is 313 g/mol. The van der Waals surface area contributed by atoms with Gasteiger partial charge in [0, 0.05) is 25.1 Å². The summed E-state index contributed by atoms with van der Waals surface area (Å²) in [5.74, 6) is -0.739. The average Bonchev–Trinajstić information content (AvgIpc) is 2.37. The summed E-state index contributed by atoms with van der Waals surface area (Å²) in [5.41, 5.74) is -0.322. The molecule has 1 aromatic rings. The predicted octanol–water partition coefficient (Wildman–Crippen LogP) is 1.89. The molecule has 1 aromatic carbocycles. The molecule has 0 fully saturated rings. The molecule has 0 spiro atoms. The van der Waals surface area contributed by atoms with Crippen molar-refractivity contribution in [3.8, 4) is 0 Å². The highest BCUT2D eigenvalue weighted by atomic mass is 35.5. The Morgan fingerprint density at radius 3 is 2.62 bits per heavy atom. The summed E-state index contributed by atoms with van der Waals surface area (Å²) in [7, 11) is 0. The summed E-state index contributed by atoms with van der Waals surface area (Å²) in [4.78, 5) is 33.4. The minimum absolute atomic E-state index is 0.00938. The van der Waals surface area contributed by atoms with Crippen molar-refractivity contribution in [1.29, 1.82) is 0 Å². The zero-order valence-corrected chi connectivity index (χ0v) is 12.4. The Labute approximate surface area is 126 Å². The summed E-state index contributed by atoms with van der Waals surface area (Å²) in [6.45, 7) is 3.79. The SMILES string of the molecule is CC(C)NC(=O)CCNC(=O)c1cccc([N+](=O)[O-])c1Cl. The molecule has 114 valence electrons. The minimum atomic E-state index is -0.658. The fraction of sp³-hybridized carbons (Fsp3) is 0.385. The van der Waals surface area contributed by atoms with Gasteiger partial charge >= 0.3 is 0 Å². The van der Waals surface area contributed by atoms with Crippen LogP contribution in [-0.4, -0.2) is 29.3 Å². The Morgan fingerprint density at radius 1 is 1.38 bits per heavy atom. The smallest absolute Gasteiger partial charge is 0.288 e. The third kappa shape index (κ3) is 5.03. The number of hydrogen-bond acceptors (Lipinski definition) is 4. The maximum absolute atomic E-state index is 11.9. The van der Waals surface area contributed by atoms with E-state index in [4.69, 9.17) is 11.6 Å². The van der Waals surface area contributed by atoms with Gasteiger partial charge < -0.3 is 10.6 Å². The van der Waals surface area contributed by atoms with Crippen LogP contribution < -0.4 is 10.6 Å². The van der Waals surface area contributed by atoms with Crippen molar-refractivity contribution in [2.75, 3.05) is 6.54 Å². The van der Waals surface area contributed by atoms with Crippen molar-refractivity contribution in [3.05, 3.63) is 38.9 Å². The van der Waals surface area contributed by atoms with Crippen LogP contribution in [0.2, 0.25) is 5.02 Å². The van der Waals surface area contributed by atoms with Crippen LogP contribution in [-0.2, 0) is 4.79 Å². The van der Waals surface area contributed by atoms with Gasteiger partial charge in [-0.15, -0.1) is 0 Å². The lowest BCUT2D eigenvalue weighted by atomic mass is 10.2. The van der Waals surface area contributed by atoms with Gasteiger partial charge in [-0.2, -0.15) is 0 Å². The number of benzene rings is 1. The van der Waals surface area contributed by atoms with Gasteiger partial charge in [0.25, 0.3) is 11.6 Å². The van der Waals surface area contributed by atoms with E-state index in [9.17, 15) is 19.7 Å². The van der Waals surface area contributed by atoms with Gasteiger partial charge in [0.1, 0.15) is 5.02 Å². The quantitative estimate of drug-likeness (QED) is 0.618. The Morgan fingerprint density at radius 2 is 2.05 bits per heavy atom. The number of nitrogens with zero attached hydrogens (tertiary/aromatic N) is 1. The molecule has 0 saturated carbocycles. The number of carbonyl (C=O) groups excluding carboxylic acids is 2. The highest BCUT2D eigenvalue weighted by molar-refractivity contribution is 6.35. The van der Waals surface area contributed by atoms with Gasteiger partial charge in [-0.05, 0) is 19.9 Å². The van der Waals surface area contributed by atoms with Gasteiger partial charge in [-0.3, -0.25) is 19.7 Å².